The van der Waals surface area contributed by atoms with Gasteiger partial charge in [0.15, 0.2) is 0 Å². The van der Waals surface area contributed by atoms with Gasteiger partial charge in [-0.15, -0.1) is 0 Å². The first-order valence-electron chi connectivity index (χ1n) is 10.0. The van der Waals surface area contributed by atoms with Crippen LogP contribution in [0.3, 0.4) is 0 Å². The first-order valence-corrected chi connectivity index (χ1v) is 10.6. The van der Waals surface area contributed by atoms with Gasteiger partial charge in [-0.05, 0) is 12.3 Å². The van der Waals surface area contributed by atoms with Crippen LogP contribution >= 0.6 is 0 Å². The van der Waals surface area contributed by atoms with Crippen molar-refractivity contribution in [2.75, 3.05) is 5.75 Å². The molecule has 5 heteroatoms. The maximum Gasteiger partial charge on any atom is 2.00 e. The monoisotopic (exact) mass is 498 g/mol. The Morgan fingerprint density at radius 2 is 1.12 bits per heavy atom. The number of hydrogen-bond acceptors (Lipinski definition) is 3. The van der Waals surface area contributed by atoms with E-state index in [2.05, 4.69) is 6.92 Å². The fourth-order valence-electron chi connectivity index (χ4n) is 3.11. The molecule has 0 amide bonds. The van der Waals surface area contributed by atoms with E-state index in [1.54, 1.807) is 0 Å². The van der Waals surface area contributed by atoms with E-state index in [4.69, 9.17) is 12.6 Å². The van der Waals surface area contributed by atoms with E-state index in [-0.39, 0.29) is 60.3 Å². The minimum absolute atomic E-state index is 0. The molecule has 0 rings (SSSR count). The van der Waals surface area contributed by atoms with E-state index >= 15 is 0 Å². The molecule has 25 heavy (non-hydrogen) atoms. The van der Waals surface area contributed by atoms with Gasteiger partial charge in [0.2, 0.25) is 0 Å². The molecule has 0 fully saturated rings. The standard InChI is InChI=1S/C20H40O2S.Ba.H2O/c1-2-3-4-5-6-7-8-9-10-11-12-13-14-15-16-19(17-18-23)20(21)22;;/h19,23H,2-18H2,1H3,(H,21,22);;1H2/q;+2;/p-2. The van der Waals surface area contributed by atoms with E-state index in [0.29, 0.717) is 12.2 Å². The van der Waals surface area contributed by atoms with Crippen molar-refractivity contribution in [3.8, 4) is 0 Å². The summed E-state index contributed by atoms with van der Waals surface area (Å²) in [4.78, 5) is 10.9. The summed E-state index contributed by atoms with van der Waals surface area (Å²) in [5.74, 6) is -0.702. The summed E-state index contributed by atoms with van der Waals surface area (Å²) in [5, 5.41) is 10.9. The Hall–Kier alpha value is 1.35. The zero-order valence-corrected chi connectivity index (χ0v) is 21.8. The van der Waals surface area contributed by atoms with Crippen LogP contribution in [0.2, 0.25) is 0 Å². The van der Waals surface area contributed by atoms with Gasteiger partial charge in [-0.25, -0.2) is 0 Å². The molecule has 0 aliphatic heterocycles. The van der Waals surface area contributed by atoms with Crippen LogP contribution in [0, 0.1) is 5.92 Å². The molecule has 0 heterocycles. The van der Waals surface area contributed by atoms with E-state index < -0.39 is 5.97 Å². The summed E-state index contributed by atoms with van der Waals surface area (Å²) < 4.78 is 0. The van der Waals surface area contributed by atoms with Gasteiger partial charge in [0.1, 0.15) is 0 Å². The molecule has 0 radical (unpaired) electrons. The number of rotatable bonds is 18. The Bertz CT molecular complexity index is 265. The van der Waals surface area contributed by atoms with Crippen LogP contribution < -0.4 is 5.11 Å². The molecule has 3 nitrogen and oxygen atoms in total. The van der Waals surface area contributed by atoms with E-state index in [1.807, 2.05) is 0 Å². The summed E-state index contributed by atoms with van der Waals surface area (Å²) in [6.07, 6.45) is 19.9. The van der Waals surface area contributed by atoms with Gasteiger partial charge < -0.3 is 28.0 Å². The Labute approximate surface area is 202 Å². The summed E-state index contributed by atoms with van der Waals surface area (Å²) in [5.41, 5.74) is 0. The van der Waals surface area contributed by atoms with Gasteiger partial charge in [-0.2, -0.15) is 5.75 Å². The van der Waals surface area contributed by atoms with Crippen LogP contribution in [0.1, 0.15) is 110 Å². The molecule has 1 unspecified atom stereocenters. The molecular weight excluding hydrogens is 458 g/mol. The average Bonchev–Trinajstić information content (AvgIpc) is 2.54. The van der Waals surface area contributed by atoms with Crippen molar-refractivity contribution in [2.24, 2.45) is 5.92 Å². The maximum atomic E-state index is 10.9. The predicted octanol–water partition coefficient (Wildman–Crippen LogP) is 3.96. The van der Waals surface area contributed by atoms with Gasteiger partial charge in [-0.3, -0.25) is 0 Å². The number of carbonyl (C=O) groups excluding carboxylic acids is 1. The first-order chi connectivity index (χ1) is 11.2. The quantitative estimate of drug-likeness (QED) is 0.163. The Morgan fingerprint density at radius 1 is 0.760 bits per heavy atom. The predicted molar refractivity (Wildman–Crippen MR) is 110 cm³/mol. The molecule has 0 aliphatic carbocycles. The SMILES string of the molecule is CCCCCCCCCCCCCCCCC(CC[S-])C(=O)[O-].O.[Ba+2]. The molecule has 0 spiro atoms. The summed E-state index contributed by atoms with van der Waals surface area (Å²) in [7, 11) is 0. The van der Waals surface area contributed by atoms with Crippen LogP contribution in [0.25, 0.3) is 0 Å². The van der Waals surface area contributed by atoms with E-state index in [0.717, 1.165) is 19.3 Å². The van der Waals surface area contributed by atoms with Crippen molar-refractivity contribution in [1.29, 1.82) is 0 Å². The molecular formula is C20H40BaO3S. The average molecular weight is 498 g/mol. The van der Waals surface area contributed by atoms with Crippen LogP contribution in [-0.4, -0.2) is 66.1 Å². The van der Waals surface area contributed by atoms with Crippen LogP contribution in [0.15, 0.2) is 0 Å². The molecule has 2 N–H and O–H groups in total. The Balaban J connectivity index is -0.00000242. The fourth-order valence-corrected chi connectivity index (χ4v) is 3.39. The second-order valence-electron chi connectivity index (χ2n) is 6.89. The Morgan fingerprint density at radius 3 is 1.44 bits per heavy atom. The second-order valence-corrected chi connectivity index (χ2v) is 7.30. The molecule has 146 valence electrons. The number of carbonyl (C=O) groups is 1. The minimum Gasteiger partial charge on any atom is -0.793 e. The van der Waals surface area contributed by atoms with Gasteiger partial charge in [-0.1, -0.05) is 103 Å². The van der Waals surface area contributed by atoms with Gasteiger partial charge in [0.05, 0.1) is 0 Å². The fraction of sp³-hybridized carbons (Fsp3) is 0.950. The third kappa shape index (κ3) is 23.3. The number of hydrogen-bond donors (Lipinski definition) is 0. The van der Waals surface area contributed by atoms with Crippen LogP contribution in [-0.2, 0) is 17.4 Å². The van der Waals surface area contributed by atoms with Crippen LogP contribution in [0.4, 0.5) is 0 Å². The van der Waals surface area contributed by atoms with E-state index in [1.165, 1.54) is 77.0 Å². The van der Waals surface area contributed by atoms with Gasteiger partial charge in [0.25, 0.3) is 0 Å². The summed E-state index contributed by atoms with van der Waals surface area (Å²) >= 11 is 4.86. The van der Waals surface area contributed by atoms with Crippen molar-refractivity contribution in [3.63, 3.8) is 0 Å². The third-order valence-electron chi connectivity index (χ3n) is 4.71. The zero-order chi connectivity index (χ0) is 17.2. The molecule has 0 aromatic carbocycles. The van der Waals surface area contributed by atoms with Crippen molar-refractivity contribution in [1.82, 2.24) is 0 Å². The minimum atomic E-state index is -0.912. The number of carboxylic acid groups (broad SMARTS) is 1. The van der Waals surface area contributed by atoms with Gasteiger partial charge >= 0.3 is 48.9 Å². The molecule has 0 saturated heterocycles. The molecule has 0 saturated carbocycles. The number of carboxylic acids is 1. The van der Waals surface area contributed by atoms with Gasteiger partial charge in [0, 0.05) is 5.97 Å². The van der Waals surface area contributed by atoms with E-state index in [9.17, 15) is 9.90 Å². The zero-order valence-electron chi connectivity index (χ0n) is 16.5. The van der Waals surface area contributed by atoms with Crippen LogP contribution in [0.5, 0.6) is 0 Å². The Kier molecular flexibility index (Phi) is 31.5. The maximum absolute atomic E-state index is 10.9. The van der Waals surface area contributed by atoms with Crippen molar-refractivity contribution >= 4 is 67.5 Å². The molecule has 0 aromatic rings. The second kappa shape index (κ2) is 25.4. The smallest absolute Gasteiger partial charge is 0.793 e. The molecule has 0 aliphatic rings. The third-order valence-corrected chi connectivity index (χ3v) is 4.94. The molecule has 0 bridgehead atoms. The molecule has 1 atom stereocenters. The number of unbranched alkanes of at least 4 members (excludes halogenated alkanes) is 13. The molecule has 0 aromatic heterocycles. The van der Waals surface area contributed by atoms with Crippen molar-refractivity contribution in [2.45, 2.75) is 110 Å². The van der Waals surface area contributed by atoms with Crippen molar-refractivity contribution in [3.05, 3.63) is 0 Å². The van der Waals surface area contributed by atoms with Crippen molar-refractivity contribution < 1.29 is 15.4 Å². The first kappa shape index (κ1) is 31.1. The summed E-state index contributed by atoms with van der Waals surface area (Å²) in [6.45, 7) is 2.27. The topological polar surface area (TPSA) is 71.6 Å². The normalized spacial score (nSPS) is 11.4. The summed E-state index contributed by atoms with van der Waals surface area (Å²) in [6, 6.07) is 0. The largest absolute Gasteiger partial charge is 2.00 e. The number of aliphatic carboxylic acids is 1.